The van der Waals surface area contributed by atoms with Crippen LogP contribution in [0.3, 0.4) is 0 Å². The van der Waals surface area contributed by atoms with Gasteiger partial charge in [-0.3, -0.25) is 4.79 Å². The van der Waals surface area contributed by atoms with Gasteiger partial charge in [0.25, 0.3) is 0 Å². The molecule has 1 N–H and O–H groups in total. The predicted octanol–water partition coefficient (Wildman–Crippen LogP) is 3.40. The van der Waals surface area contributed by atoms with Gasteiger partial charge in [-0.15, -0.1) is 0 Å². The summed E-state index contributed by atoms with van der Waals surface area (Å²) in [4.78, 5) is 37.1. The van der Waals surface area contributed by atoms with Gasteiger partial charge >= 0.3 is 11.9 Å². The molecule has 0 aliphatic heterocycles. The van der Waals surface area contributed by atoms with Crippen molar-refractivity contribution >= 4 is 23.5 Å². The third kappa shape index (κ3) is 5.50. The van der Waals surface area contributed by atoms with Crippen LogP contribution in [-0.2, 0) is 27.1 Å². The third-order valence-corrected chi connectivity index (χ3v) is 5.34. The molecule has 11 heteroatoms. The first-order chi connectivity index (χ1) is 17.3. The van der Waals surface area contributed by atoms with E-state index in [1.165, 1.54) is 52.7 Å². The molecular formula is C25H24N2O9. The van der Waals surface area contributed by atoms with Gasteiger partial charge in [0.05, 0.1) is 34.5 Å². The van der Waals surface area contributed by atoms with Crippen LogP contribution in [0.25, 0.3) is 0 Å². The molecule has 0 unspecified atom stereocenters. The van der Waals surface area contributed by atoms with Crippen molar-refractivity contribution < 1.29 is 42.2 Å². The van der Waals surface area contributed by atoms with Crippen molar-refractivity contribution in [1.82, 2.24) is 0 Å². The number of rotatable bonds is 10. The summed E-state index contributed by atoms with van der Waals surface area (Å²) in [7, 11) is 5.34. The van der Waals surface area contributed by atoms with E-state index >= 15 is 0 Å². The highest BCUT2D eigenvalue weighted by molar-refractivity contribution is 5.98. The lowest BCUT2D eigenvalue weighted by Gasteiger charge is -2.24. The van der Waals surface area contributed by atoms with Crippen LogP contribution in [0.5, 0.6) is 11.5 Å². The van der Waals surface area contributed by atoms with Crippen LogP contribution < -0.4 is 14.8 Å². The molecule has 2 heterocycles. The van der Waals surface area contributed by atoms with Crippen molar-refractivity contribution in [3.63, 3.8) is 0 Å². The van der Waals surface area contributed by atoms with Gasteiger partial charge in [-0.05, 0) is 36.4 Å². The van der Waals surface area contributed by atoms with E-state index in [1.54, 1.807) is 18.2 Å². The predicted molar refractivity (Wildman–Crippen MR) is 124 cm³/mol. The van der Waals surface area contributed by atoms with E-state index in [0.29, 0.717) is 17.2 Å². The summed E-state index contributed by atoms with van der Waals surface area (Å²) in [6.07, 6.45) is -0.429. The number of hydrogen-bond donors (Lipinski definition) is 1. The molecule has 0 radical (unpaired) electrons. The van der Waals surface area contributed by atoms with Gasteiger partial charge in [0.2, 0.25) is 17.4 Å². The van der Waals surface area contributed by atoms with Crippen molar-refractivity contribution in [2.75, 3.05) is 33.8 Å². The van der Waals surface area contributed by atoms with Crippen molar-refractivity contribution in [2.24, 2.45) is 5.41 Å². The minimum atomic E-state index is -1.76. The number of esters is 2. The van der Waals surface area contributed by atoms with E-state index in [2.05, 4.69) is 20.9 Å². The lowest BCUT2D eigenvalue weighted by molar-refractivity contribution is -0.123. The van der Waals surface area contributed by atoms with E-state index in [-0.39, 0.29) is 35.9 Å². The van der Waals surface area contributed by atoms with Crippen LogP contribution in [0.15, 0.2) is 51.3 Å². The van der Waals surface area contributed by atoms with Crippen molar-refractivity contribution in [2.45, 2.75) is 12.8 Å². The fourth-order valence-corrected chi connectivity index (χ4v) is 3.48. The summed E-state index contributed by atoms with van der Waals surface area (Å²) in [5, 5.41) is 13.0. The third-order valence-electron chi connectivity index (χ3n) is 5.34. The van der Waals surface area contributed by atoms with Crippen LogP contribution in [0.2, 0.25) is 0 Å². The number of carbonyl (C=O) groups excluding carboxylic acids is 3. The topological polar surface area (TPSA) is 150 Å². The Morgan fingerprint density at radius 1 is 0.833 bits per heavy atom. The smallest absolute Gasteiger partial charge is 0.373 e. The largest absolute Gasteiger partial charge is 0.493 e. The molecule has 0 spiro atoms. The average molecular weight is 496 g/mol. The molecule has 3 rings (SSSR count). The SMILES string of the molecule is COC(=O)c1ccc(CC(C#N)(Cc2ccc(C(=O)OC)o2)C(=O)Nc2ccc(OC)c(OC)c2)o1. The molecule has 1 aromatic carbocycles. The quantitative estimate of drug-likeness (QED) is 0.414. The Morgan fingerprint density at radius 3 is 1.81 bits per heavy atom. The number of methoxy groups -OCH3 is 4. The Bertz CT molecular complexity index is 1240. The maximum absolute atomic E-state index is 13.5. The van der Waals surface area contributed by atoms with Gasteiger partial charge in [-0.1, -0.05) is 0 Å². The van der Waals surface area contributed by atoms with Crippen LogP contribution in [0, 0.1) is 16.7 Å². The highest BCUT2D eigenvalue weighted by Crippen LogP contribution is 2.34. The summed E-state index contributed by atoms with van der Waals surface area (Å²) in [6.45, 7) is 0. The van der Waals surface area contributed by atoms with Gasteiger partial charge in [0.15, 0.2) is 11.5 Å². The zero-order valence-electron chi connectivity index (χ0n) is 20.1. The first kappa shape index (κ1) is 25.9. The standard InChI is InChI=1S/C25H24N2O9/c1-31-18-8-5-15(11-21(18)32-2)27-24(30)25(14-26,12-16-6-9-19(35-16)22(28)33-3)13-17-7-10-20(36-17)23(29)34-4/h5-11H,12-13H2,1-4H3,(H,27,30). The number of anilines is 1. The minimum Gasteiger partial charge on any atom is -0.493 e. The summed E-state index contributed by atoms with van der Waals surface area (Å²) in [5.41, 5.74) is -1.41. The molecule has 0 atom stereocenters. The Balaban J connectivity index is 1.97. The second-order valence-electron chi connectivity index (χ2n) is 7.59. The van der Waals surface area contributed by atoms with Gasteiger partial charge < -0.3 is 33.1 Å². The van der Waals surface area contributed by atoms with Gasteiger partial charge in [0, 0.05) is 24.6 Å². The molecule has 0 saturated heterocycles. The maximum Gasteiger partial charge on any atom is 0.373 e. The minimum absolute atomic E-state index is 0.0781. The van der Waals surface area contributed by atoms with Crippen molar-refractivity contribution in [3.8, 4) is 17.6 Å². The van der Waals surface area contributed by atoms with E-state index in [1.807, 2.05) is 0 Å². The summed E-state index contributed by atoms with van der Waals surface area (Å²) in [6, 6.07) is 12.5. The van der Waals surface area contributed by atoms with E-state index < -0.39 is 23.3 Å². The van der Waals surface area contributed by atoms with E-state index in [4.69, 9.17) is 18.3 Å². The van der Waals surface area contributed by atoms with Crippen molar-refractivity contribution in [1.29, 1.82) is 5.26 Å². The monoisotopic (exact) mass is 496 g/mol. The molecule has 1 amide bonds. The molecule has 0 bridgehead atoms. The summed E-state index contributed by atoms with van der Waals surface area (Å²) >= 11 is 0. The van der Waals surface area contributed by atoms with Gasteiger partial charge in [-0.25, -0.2) is 9.59 Å². The fourth-order valence-electron chi connectivity index (χ4n) is 3.48. The number of benzene rings is 1. The molecule has 0 aliphatic rings. The number of ether oxygens (including phenoxy) is 4. The number of nitriles is 1. The van der Waals surface area contributed by atoms with Crippen molar-refractivity contribution in [3.05, 3.63) is 65.5 Å². The van der Waals surface area contributed by atoms with Crippen LogP contribution in [-0.4, -0.2) is 46.3 Å². The number of carbonyl (C=O) groups is 3. The van der Waals surface area contributed by atoms with Crippen LogP contribution >= 0.6 is 0 Å². The molecule has 2 aromatic heterocycles. The number of nitrogens with zero attached hydrogens (tertiary/aromatic N) is 1. The first-order valence-corrected chi connectivity index (χ1v) is 10.6. The highest BCUT2D eigenvalue weighted by atomic mass is 16.5. The van der Waals surface area contributed by atoms with E-state index in [0.717, 1.165) is 0 Å². The molecule has 36 heavy (non-hydrogen) atoms. The highest BCUT2D eigenvalue weighted by Gasteiger charge is 2.42. The van der Waals surface area contributed by atoms with Crippen LogP contribution in [0.1, 0.15) is 32.6 Å². The molecule has 0 saturated carbocycles. The van der Waals surface area contributed by atoms with E-state index in [9.17, 15) is 19.6 Å². The zero-order valence-corrected chi connectivity index (χ0v) is 20.1. The first-order valence-electron chi connectivity index (χ1n) is 10.6. The Morgan fingerprint density at radius 2 is 1.36 bits per heavy atom. The normalized spacial score (nSPS) is 10.8. The average Bonchev–Trinajstić information content (AvgIpc) is 3.56. The Labute approximate surface area is 206 Å². The van der Waals surface area contributed by atoms with Gasteiger partial charge in [-0.2, -0.15) is 5.26 Å². The summed E-state index contributed by atoms with van der Waals surface area (Å²) < 4.78 is 30.8. The van der Waals surface area contributed by atoms with Crippen LogP contribution in [0.4, 0.5) is 5.69 Å². The van der Waals surface area contributed by atoms with Gasteiger partial charge in [0.1, 0.15) is 16.9 Å². The Kier molecular flexibility index (Phi) is 8.01. The second-order valence-corrected chi connectivity index (χ2v) is 7.59. The zero-order chi connectivity index (χ0) is 26.3. The lowest BCUT2D eigenvalue weighted by Crippen LogP contribution is -2.39. The number of hydrogen-bond acceptors (Lipinski definition) is 10. The molecule has 0 fully saturated rings. The summed E-state index contributed by atoms with van der Waals surface area (Å²) in [5.74, 6) is -1.02. The molecule has 188 valence electrons. The number of furan rings is 2. The molecule has 11 nitrogen and oxygen atoms in total. The lowest BCUT2D eigenvalue weighted by atomic mass is 9.79. The molecule has 0 aliphatic carbocycles. The number of nitrogens with one attached hydrogen (secondary N) is 1. The number of amides is 1. The molecular weight excluding hydrogens is 472 g/mol. The molecule has 3 aromatic rings. The maximum atomic E-state index is 13.5. The Hall–Kier alpha value is -4.72. The second kappa shape index (κ2) is 11.1. The fraction of sp³-hybridized carbons (Fsp3) is 0.280.